The number of nitriles is 1. The van der Waals surface area contributed by atoms with Crippen LogP contribution >= 0.6 is 0 Å². The Labute approximate surface area is 123 Å². The van der Waals surface area contributed by atoms with E-state index in [0.717, 1.165) is 18.1 Å². The summed E-state index contributed by atoms with van der Waals surface area (Å²) in [6.45, 7) is 3.13. The van der Waals surface area contributed by atoms with Gasteiger partial charge in [0, 0.05) is 25.4 Å². The maximum Gasteiger partial charge on any atom is 0.158 e. The molecule has 6 nitrogen and oxygen atoms in total. The Morgan fingerprint density at radius 1 is 1.19 bits per heavy atom. The van der Waals surface area contributed by atoms with Gasteiger partial charge in [-0.3, -0.25) is 0 Å². The minimum absolute atomic E-state index is 0.348. The predicted octanol–water partition coefficient (Wildman–Crippen LogP) is 2.67. The summed E-state index contributed by atoms with van der Waals surface area (Å²) in [4.78, 5) is 8.74. The summed E-state index contributed by atoms with van der Waals surface area (Å²) >= 11 is 0. The van der Waals surface area contributed by atoms with Crippen molar-refractivity contribution in [2.24, 2.45) is 0 Å². The van der Waals surface area contributed by atoms with E-state index in [9.17, 15) is 0 Å². The highest BCUT2D eigenvalue weighted by atomic mass is 16.5. The number of nitrogens with zero attached hydrogens (tertiary/aromatic N) is 3. The number of anilines is 3. The molecule has 0 fully saturated rings. The molecule has 21 heavy (non-hydrogen) atoms. The molecule has 1 aromatic carbocycles. The molecule has 2 aromatic rings. The third kappa shape index (κ3) is 4.16. The summed E-state index contributed by atoms with van der Waals surface area (Å²) in [5.74, 6) is 2.03. The van der Waals surface area contributed by atoms with Crippen molar-refractivity contribution in [1.29, 1.82) is 5.26 Å². The first-order valence-electron chi connectivity index (χ1n) is 6.63. The number of nitrogens with one attached hydrogen (secondary N) is 2. The first-order chi connectivity index (χ1) is 10.2. The Balaban J connectivity index is 2.22. The Bertz CT molecular complexity index is 609. The number of benzene rings is 1. The van der Waals surface area contributed by atoms with E-state index in [-0.39, 0.29) is 0 Å². The Kier molecular flexibility index (Phi) is 5.07. The van der Waals surface area contributed by atoms with Crippen molar-refractivity contribution in [3.8, 4) is 6.07 Å². The van der Waals surface area contributed by atoms with Crippen LogP contribution in [0, 0.1) is 11.3 Å². The largest absolute Gasteiger partial charge is 0.377 e. The van der Waals surface area contributed by atoms with Crippen LogP contribution in [0.25, 0.3) is 0 Å². The fourth-order valence-corrected chi connectivity index (χ4v) is 1.80. The van der Waals surface area contributed by atoms with Crippen molar-refractivity contribution in [3.63, 3.8) is 0 Å². The summed E-state index contributed by atoms with van der Waals surface area (Å²) in [6.07, 6.45) is 0. The average molecular weight is 283 g/mol. The van der Waals surface area contributed by atoms with Crippen molar-refractivity contribution in [1.82, 2.24) is 9.97 Å². The minimum atomic E-state index is 0.348. The molecule has 1 aromatic heterocycles. The smallest absolute Gasteiger partial charge is 0.158 e. The molecule has 2 rings (SSSR count). The second kappa shape index (κ2) is 7.22. The van der Waals surface area contributed by atoms with Gasteiger partial charge in [-0.2, -0.15) is 5.26 Å². The molecule has 0 spiro atoms. The third-order valence-corrected chi connectivity index (χ3v) is 2.69. The molecule has 0 saturated carbocycles. The molecule has 0 bridgehead atoms. The minimum Gasteiger partial charge on any atom is -0.377 e. The van der Waals surface area contributed by atoms with Gasteiger partial charge in [0.05, 0.1) is 11.6 Å². The van der Waals surface area contributed by atoms with E-state index >= 15 is 0 Å². The van der Waals surface area contributed by atoms with Gasteiger partial charge in [0.25, 0.3) is 0 Å². The average Bonchev–Trinajstić information content (AvgIpc) is 2.48. The topological polar surface area (TPSA) is 82.9 Å². The molecule has 0 aliphatic carbocycles. The molecule has 0 atom stereocenters. The second-order valence-electron chi connectivity index (χ2n) is 4.33. The highest BCUT2D eigenvalue weighted by molar-refractivity contribution is 5.60. The number of hydrogen-bond acceptors (Lipinski definition) is 6. The van der Waals surface area contributed by atoms with E-state index in [4.69, 9.17) is 10.00 Å². The number of ether oxygens (including phenoxy) is 1. The van der Waals surface area contributed by atoms with E-state index in [1.807, 2.05) is 25.1 Å². The number of hydrogen-bond donors (Lipinski definition) is 2. The first kappa shape index (κ1) is 14.8. The van der Waals surface area contributed by atoms with Gasteiger partial charge in [-0.1, -0.05) is 0 Å². The van der Waals surface area contributed by atoms with Crippen LogP contribution in [-0.4, -0.2) is 23.6 Å². The highest BCUT2D eigenvalue weighted by Crippen LogP contribution is 2.18. The molecule has 6 heteroatoms. The van der Waals surface area contributed by atoms with Crippen LogP contribution < -0.4 is 10.6 Å². The van der Waals surface area contributed by atoms with Gasteiger partial charge in [0.15, 0.2) is 5.82 Å². The molecule has 1 heterocycles. The van der Waals surface area contributed by atoms with Crippen molar-refractivity contribution in [2.75, 3.05) is 24.3 Å². The van der Waals surface area contributed by atoms with Crippen LogP contribution in [0.4, 0.5) is 17.3 Å². The lowest BCUT2D eigenvalue weighted by Gasteiger charge is -2.10. The van der Waals surface area contributed by atoms with Gasteiger partial charge in [0.1, 0.15) is 18.2 Å². The van der Waals surface area contributed by atoms with E-state index in [1.165, 1.54) is 0 Å². The number of rotatable bonds is 6. The summed E-state index contributed by atoms with van der Waals surface area (Å²) in [6, 6.07) is 11.1. The molecular formula is C15H17N5O. The zero-order valence-corrected chi connectivity index (χ0v) is 12.1. The standard InChI is InChI=1S/C15H17N5O/c1-3-17-13-8-14(20-15(19-13)10-21-2)18-12-6-4-11(9-16)5-7-12/h4-8H,3,10H2,1-2H3,(H2,17,18,19,20). The van der Waals surface area contributed by atoms with E-state index < -0.39 is 0 Å². The van der Waals surface area contributed by atoms with E-state index in [2.05, 4.69) is 26.7 Å². The number of methoxy groups -OCH3 is 1. The second-order valence-corrected chi connectivity index (χ2v) is 4.33. The molecule has 0 aliphatic heterocycles. The zero-order valence-electron chi connectivity index (χ0n) is 12.1. The fraction of sp³-hybridized carbons (Fsp3) is 0.267. The van der Waals surface area contributed by atoms with E-state index in [1.54, 1.807) is 19.2 Å². The van der Waals surface area contributed by atoms with Gasteiger partial charge >= 0.3 is 0 Å². The van der Waals surface area contributed by atoms with Gasteiger partial charge in [-0.05, 0) is 31.2 Å². The lowest BCUT2D eigenvalue weighted by atomic mass is 10.2. The fourth-order valence-electron chi connectivity index (χ4n) is 1.80. The lowest BCUT2D eigenvalue weighted by molar-refractivity contribution is 0.178. The summed E-state index contributed by atoms with van der Waals surface area (Å²) in [5.41, 5.74) is 1.48. The molecule has 2 N–H and O–H groups in total. The summed E-state index contributed by atoms with van der Waals surface area (Å²) in [7, 11) is 1.61. The van der Waals surface area contributed by atoms with Crippen LogP contribution in [0.2, 0.25) is 0 Å². The van der Waals surface area contributed by atoms with Crippen molar-refractivity contribution < 1.29 is 4.74 Å². The van der Waals surface area contributed by atoms with Gasteiger partial charge < -0.3 is 15.4 Å². The summed E-state index contributed by atoms with van der Waals surface area (Å²) in [5, 5.41) is 15.2. The molecule has 0 aliphatic rings. The third-order valence-electron chi connectivity index (χ3n) is 2.69. The molecular weight excluding hydrogens is 266 g/mol. The molecule has 0 amide bonds. The van der Waals surface area contributed by atoms with Gasteiger partial charge in [-0.15, -0.1) is 0 Å². The Morgan fingerprint density at radius 2 is 1.90 bits per heavy atom. The van der Waals surface area contributed by atoms with Crippen LogP contribution in [0.1, 0.15) is 18.3 Å². The summed E-state index contributed by atoms with van der Waals surface area (Å²) < 4.78 is 5.08. The Morgan fingerprint density at radius 3 is 2.52 bits per heavy atom. The monoisotopic (exact) mass is 283 g/mol. The zero-order chi connectivity index (χ0) is 15.1. The van der Waals surface area contributed by atoms with Crippen LogP contribution in [0.15, 0.2) is 30.3 Å². The first-order valence-corrected chi connectivity index (χ1v) is 6.63. The molecule has 0 saturated heterocycles. The normalized spacial score (nSPS) is 9.95. The molecule has 0 unspecified atom stereocenters. The SMILES string of the molecule is CCNc1cc(Nc2ccc(C#N)cc2)nc(COC)n1. The molecule has 0 radical (unpaired) electrons. The highest BCUT2D eigenvalue weighted by Gasteiger charge is 2.05. The van der Waals surface area contributed by atoms with Crippen molar-refractivity contribution in [3.05, 3.63) is 41.7 Å². The maximum atomic E-state index is 8.80. The number of aromatic nitrogens is 2. The predicted molar refractivity (Wildman–Crippen MR) is 81.3 cm³/mol. The lowest BCUT2D eigenvalue weighted by Crippen LogP contribution is -2.06. The van der Waals surface area contributed by atoms with Crippen LogP contribution in [-0.2, 0) is 11.3 Å². The van der Waals surface area contributed by atoms with E-state index in [0.29, 0.717) is 23.8 Å². The van der Waals surface area contributed by atoms with Crippen LogP contribution in [0.3, 0.4) is 0 Å². The maximum absolute atomic E-state index is 8.80. The quantitative estimate of drug-likeness (QED) is 0.848. The van der Waals surface area contributed by atoms with Gasteiger partial charge in [-0.25, -0.2) is 9.97 Å². The van der Waals surface area contributed by atoms with Crippen molar-refractivity contribution in [2.45, 2.75) is 13.5 Å². The van der Waals surface area contributed by atoms with Gasteiger partial charge in [0.2, 0.25) is 0 Å². The molecule has 108 valence electrons. The van der Waals surface area contributed by atoms with Crippen molar-refractivity contribution >= 4 is 17.3 Å². The van der Waals surface area contributed by atoms with Crippen LogP contribution in [0.5, 0.6) is 0 Å². The Hall–Kier alpha value is -2.65.